The van der Waals surface area contributed by atoms with Gasteiger partial charge in [-0.05, 0) is 41.3 Å². The maximum atomic E-state index is 12.4. The van der Waals surface area contributed by atoms with Crippen molar-refractivity contribution in [2.24, 2.45) is 5.92 Å². The van der Waals surface area contributed by atoms with Crippen LogP contribution in [0, 0.1) is 5.92 Å². The first kappa shape index (κ1) is 21.3. The van der Waals surface area contributed by atoms with Crippen LogP contribution in [-0.2, 0) is 24.3 Å². The topological polar surface area (TPSA) is 45.2 Å². The molecule has 0 spiro atoms. The fourth-order valence-electron chi connectivity index (χ4n) is 3.88. The van der Waals surface area contributed by atoms with Gasteiger partial charge in [-0.3, -0.25) is 9.69 Å². The smallest absolute Gasteiger partial charge is 0.230 e. The number of benzene rings is 2. The van der Waals surface area contributed by atoms with Crippen LogP contribution in [0.2, 0.25) is 10.0 Å². The Balaban J connectivity index is 1.44. The molecule has 1 aliphatic heterocycles. The number of halogens is 2. The number of aromatic nitrogens is 1. The fraction of sp³-hybridized carbons (Fsp3) is 0.304. The monoisotopic (exact) mass is 459 g/mol. The van der Waals surface area contributed by atoms with Gasteiger partial charge >= 0.3 is 0 Å². The van der Waals surface area contributed by atoms with E-state index < -0.39 is 0 Å². The zero-order valence-electron chi connectivity index (χ0n) is 16.9. The van der Waals surface area contributed by atoms with Gasteiger partial charge in [0.05, 0.1) is 18.2 Å². The molecular weight excluding hydrogens is 437 g/mol. The second kappa shape index (κ2) is 9.06. The summed E-state index contributed by atoms with van der Waals surface area (Å²) in [6.07, 6.45) is 0.303. The van der Waals surface area contributed by atoms with Crippen LogP contribution in [0.25, 0.3) is 0 Å². The van der Waals surface area contributed by atoms with Gasteiger partial charge in [-0.15, -0.1) is 11.3 Å². The van der Waals surface area contributed by atoms with Crippen LogP contribution >= 0.6 is 34.5 Å². The highest BCUT2D eigenvalue weighted by atomic mass is 35.5. The van der Waals surface area contributed by atoms with Crippen LogP contribution in [0.5, 0.6) is 0 Å². The lowest BCUT2D eigenvalue weighted by Gasteiger charge is -2.27. The number of fused-ring (bicyclic) bond motifs is 1. The van der Waals surface area contributed by atoms with Crippen molar-refractivity contribution in [3.8, 4) is 0 Å². The quantitative estimate of drug-likeness (QED) is 0.467. The Bertz CT molecular complexity index is 1030. The Kier molecular flexibility index (Phi) is 6.44. The second-order valence-corrected chi connectivity index (χ2v) is 9.86. The number of anilines is 1. The molecule has 4 rings (SSSR count). The lowest BCUT2D eigenvalue weighted by molar-refractivity contribution is -0.115. The molecule has 2 heterocycles. The van der Waals surface area contributed by atoms with E-state index in [2.05, 4.69) is 36.2 Å². The van der Waals surface area contributed by atoms with E-state index in [4.69, 9.17) is 28.2 Å². The van der Waals surface area contributed by atoms with Crippen LogP contribution in [0.15, 0.2) is 48.5 Å². The lowest BCUT2D eigenvalue weighted by atomic mass is 10.0. The average Bonchev–Trinajstić information content (AvgIpc) is 3.21. The van der Waals surface area contributed by atoms with Crippen molar-refractivity contribution >= 4 is 45.6 Å². The van der Waals surface area contributed by atoms with Gasteiger partial charge in [-0.25, -0.2) is 4.98 Å². The average molecular weight is 460 g/mol. The summed E-state index contributed by atoms with van der Waals surface area (Å²) in [5, 5.41) is 5.06. The predicted molar refractivity (Wildman–Crippen MR) is 124 cm³/mol. The highest BCUT2D eigenvalue weighted by Crippen LogP contribution is 2.43. The third kappa shape index (κ3) is 4.86. The summed E-state index contributed by atoms with van der Waals surface area (Å²) in [5.74, 6) is 0.349. The van der Waals surface area contributed by atoms with Crippen LogP contribution in [0.3, 0.4) is 0 Å². The van der Waals surface area contributed by atoms with E-state index in [0.717, 1.165) is 29.4 Å². The van der Waals surface area contributed by atoms with Crippen molar-refractivity contribution in [3.63, 3.8) is 0 Å². The Morgan fingerprint density at radius 2 is 1.70 bits per heavy atom. The van der Waals surface area contributed by atoms with Gasteiger partial charge in [-0.1, -0.05) is 61.3 Å². The third-order valence-electron chi connectivity index (χ3n) is 5.20. The van der Waals surface area contributed by atoms with E-state index >= 15 is 0 Å². The first-order valence-corrected chi connectivity index (χ1v) is 11.5. The molecule has 3 aromatic rings. The first-order valence-electron chi connectivity index (χ1n) is 9.91. The molecule has 0 saturated carbocycles. The molecule has 1 amide bonds. The van der Waals surface area contributed by atoms with Gasteiger partial charge in [0.25, 0.3) is 0 Å². The number of nitrogens with zero attached hydrogens (tertiary/aromatic N) is 2. The highest BCUT2D eigenvalue weighted by Gasteiger charge is 2.36. The maximum Gasteiger partial charge on any atom is 0.230 e. The van der Waals surface area contributed by atoms with Gasteiger partial charge in [-0.2, -0.15) is 0 Å². The van der Waals surface area contributed by atoms with Gasteiger partial charge < -0.3 is 5.32 Å². The SMILES string of the molecule is CC(C)[C@H]1c2nc(NC(=O)Cc3ccc(Cl)cc3)sc2CN1Cc1ccc(Cl)cc1. The molecule has 4 nitrogen and oxygen atoms in total. The van der Waals surface area contributed by atoms with Crippen molar-refractivity contribution in [3.05, 3.63) is 80.3 Å². The molecule has 156 valence electrons. The van der Waals surface area contributed by atoms with Gasteiger partial charge in [0.2, 0.25) is 5.91 Å². The molecule has 1 aromatic heterocycles. The molecule has 0 aliphatic carbocycles. The lowest BCUT2D eigenvalue weighted by Crippen LogP contribution is -2.26. The summed E-state index contributed by atoms with van der Waals surface area (Å²) < 4.78 is 0. The van der Waals surface area contributed by atoms with Crippen LogP contribution in [0.1, 0.15) is 41.6 Å². The van der Waals surface area contributed by atoms with E-state index in [1.807, 2.05) is 24.3 Å². The number of amides is 1. The molecule has 0 unspecified atom stereocenters. The summed E-state index contributed by atoms with van der Waals surface area (Å²) in [6, 6.07) is 15.6. The maximum absolute atomic E-state index is 12.4. The molecule has 0 saturated heterocycles. The van der Waals surface area contributed by atoms with Crippen molar-refractivity contribution in [1.82, 2.24) is 9.88 Å². The Hall–Kier alpha value is -1.92. The van der Waals surface area contributed by atoms with Crippen molar-refractivity contribution in [2.75, 3.05) is 5.32 Å². The number of rotatable bonds is 6. The summed E-state index contributed by atoms with van der Waals surface area (Å²) in [6.45, 7) is 6.12. The normalized spacial score (nSPS) is 16.1. The summed E-state index contributed by atoms with van der Waals surface area (Å²) in [7, 11) is 0. The summed E-state index contributed by atoms with van der Waals surface area (Å²) in [4.78, 5) is 20.9. The van der Waals surface area contributed by atoms with Crippen LogP contribution in [-0.4, -0.2) is 15.8 Å². The highest BCUT2D eigenvalue weighted by molar-refractivity contribution is 7.15. The van der Waals surface area contributed by atoms with Gasteiger partial charge in [0.1, 0.15) is 0 Å². The Labute approximate surface area is 190 Å². The molecule has 1 aliphatic rings. The van der Waals surface area contributed by atoms with Crippen molar-refractivity contribution < 1.29 is 4.79 Å². The van der Waals surface area contributed by atoms with Crippen molar-refractivity contribution in [1.29, 1.82) is 0 Å². The van der Waals surface area contributed by atoms with E-state index in [-0.39, 0.29) is 11.9 Å². The molecule has 30 heavy (non-hydrogen) atoms. The molecular formula is C23H23Cl2N3OS. The zero-order valence-corrected chi connectivity index (χ0v) is 19.2. The molecule has 0 bridgehead atoms. The predicted octanol–water partition coefficient (Wildman–Crippen LogP) is 6.34. The number of nitrogens with one attached hydrogen (secondary N) is 1. The van der Waals surface area contributed by atoms with Crippen LogP contribution in [0.4, 0.5) is 5.13 Å². The van der Waals surface area contributed by atoms with E-state index in [1.165, 1.54) is 10.4 Å². The number of hydrogen-bond acceptors (Lipinski definition) is 4. The van der Waals surface area contributed by atoms with Crippen molar-refractivity contribution in [2.45, 2.75) is 39.4 Å². The minimum absolute atomic E-state index is 0.0659. The summed E-state index contributed by atoms with van der Waals surface area (Å²) in [5.41, 5.74) is 3.25. The molecule has 0 fully saturated rings. The molecule has 7 heteroatoms. The Morgan fingerprint density at radius 1 is 1.10 bits per heavy atom. The number of hydrogen-bond donors (Lipinski definition) is 1. The number of carbonyl (C=O) groups is 1. The number of thiazole rings is 1. The van der Waals surface area contributed by atoms with E-state index in [9.17, 15) is 4.79 Å². The molecule has 1 atom stereocenters. The largest absolute Gasteiger partial charge is 0.302 e. The Morgan fingerprint density at radius 3 is 2.30 bits per heavy atom. The van der Waals surface area contributed by atoms with Gasteiger partial charge in [0, 0.05) is 28.0 Å². The van der Waals surface area contributed by atoms with E-state index in [1.54, 1.807) is 23.5 Å². The van der Waals surface area contributed by atoms with Gasteiger partial charge in [0.15, 0.2) is 5.13 Å². The first-order chi connectivity index (χ1) is 14.4. The summed E-state index contributed by atoms with van der Waals surface area (Å²) >= 11 is 13.5. The molecule has 2 aromatic carbocycles. The number of carbonyl (C=O) groups excluding carboxylic acids is 1. The molecule has 1 N–H and O–H groups in total. The standard InChI is InChI=1S/C23H23Cl2N3OS/c1-14(2)22-21-19(13-28(22)12-16-5-9-18(25)10-6-16)30-23(27-21)26-20(29)11-15-3-7-17(24)8-4-15/h3-10,14,22H,11-13H2,1-2H3,(H,26,27,29)/t22-/m0/s1. The fourth-order valence-corrected chi connectivity index (χ4v) is 5.18. The minimum Gasteiger partial charge on any atom is -0.302 e. The second-order valence-electron chi connectivity index (χ2n) is 7.90. The zero-order chi connectivity index (χ0) is 21.3. The van der Waals surface area contributed by atoms with Crippen LogP contribution < -0.4 is 5.32 Å². The molecule has 0 radical (unpaired) electrons. The van der Waals surface area contributed by atoms with E-state index in [0.29, 0.717) is 22.5 Å². The third-order valence-corrected chi connectivity index (χ3v) is 6.68. The minimum atomic E-state index is -0.0659.